The second-order valence-electron chi connectivity index (χ2n) is 6.15. The molecule has 5 heteroatoms. The van der Waals surface area contributed by atoms with Gasteiger partial charge in [0, 0.05) is 10.7 Å². The van der Waals surface area contributed by atoms with E-state index in [9.17, 15) is 4.79 Å². The Hall–Kier alpha value is -1.32. The van der Waals surface area contributed by atoms with Crippen LogP contribution in [0.1, 0.15) is 66.3 Å². The first-order valence-corrected chi connectivity index (χ1v) is 9.26. The minimum absolute atomic E-state index is 0.213. The molecule has 3 nitrogen and oxygen atoms in total. The Labute approximate surface area is 154 Å². The van der Waals surface area contributed by atoms with Crippen LogP contribution in [-0.2, 0) is 6.42 Å². The summed E-state index contributed by atoms with van der Waals surface area (Å²) in [7, 11) is 0. The zero-order chi connectivity index (χ0) is 17.7. The molecule has 0 saturated heterocycles. The van der Waals surface area contributed by atoms with Gasteiger partial charge in [-0.3, -0.25) is 4.79 Å². The first kappa shape index (κ1) is 19.0. The highest BCUT2D eigenvalue weighted by Crippen LogP contribution is 2.24. The van der Waals surface area contributed by atoms with Crippen molar-refractivity contribution in [3.63, 3.8) is 0 Å². The van der Waals surface area contributed by atoms with Gasteiger partial charge < -0.3 is 0 Å². The molecule has 2 rings (SSSR count). The number of carbonyl (C=O) groups is 1. The quantitative estimate of drug-likeness (QED) is 0.562. The van der Waals surface area contributed by atoms with E-state index in [1.54, 1.807) is 18.2 Å². The molecule has 24 heavy (non-hydrogen) atoms. The molecule has 0 aliphatic carbocycles. The summed E-state index contributed by atoms with van der Waals surface area (Å²) < 4.78 is 1.46. The molecular weight excluding hydrogens is 343 g/mol. The number of hydrogen-bond donors (Lipinski definition) is 0. The van der Waals surface area contributed by atoms with E-state index in [0.29, 0.717) is 15.6 Å². The van der Waals surface area contributed by atoms with Crippen molar-refractivity contribution in [2.75, 3.05) is 0 Å². The van der Waals surface area contributed by atoms with Crippen LogP contribution in [0, 0.1) is 13.8 Å². The average molecular weight is 367 g/mol. The first-order valence-electron chi connectivity index (χ1n) is 8.50. The van der Waals surface area contributed by atoms with E-state index in [1.165, 1.54) is 35.9 Å². The minimum Gasteiger partial charge on any atom is -0.267 e. The molecule has 0 atom stereocenters. The normalized spacial score (nSPS) is 11.0. The van der Waals surface area contributed by atoms with Crippen molar-refractivity contribution >= 4 is 29.1 Å². The molecular formula is C19H24Cl2N2O. The maximum atomic E-state index is 12.8. The summed E-state index contributed by atoms with van der Waals surface area (Å²) in [5, 5.41) is 5.30. The number of nitrogens with zero attached hydrogens (tertiary/aromatic N) is 2. The average Bonchev–Trinajstić information content (AvgIpc) is 2.82. The topological polar surface area (TPSA) is 34.9 Å². The lowest BCUT2D eigenvalue weighted by Gasteiger charge is -2.07. The summed E-state index contributed by atoms with van der Waals surface area (Å²) >= 11 is 12.1. The van der Waals surface area contributed by atoms with Gasteiger partial charge in [-0.2, -0.15) is 5.10 Å². The predicted molar refractivity (Wildman–Crippen MR) is 100 cm³/mol. The Bertz CT molecular complexity index is 722. The molecule has 0 radical (unpaired) electrons. The third kappa shape index (κ3) is 4.40. The van der Waals surface area contributed by atoms with Crippen LogP contribution in [0.5, 0.6) is 0 Å². The Morgan fingerprint density at radius 2 is 1.83 bits per heavy atom. The second kappa shape index (κ2) is 8.68. The minimum atomic E-state index is -0.213. The molecule has 0 aliphatic rings. The Morgan fingerprint density at radius 3 is 2.50 bits per heavy atom. The van der Waals surface area contributed by atoms with Crippen molar-refractivity contribution < 1.29 is 4.79 Å². The molecule has 0 fully saturated rings. The number of rotatable bonds is 7. The summed E-state index contributed by atoms with van der Waals surface area (Å²) in [6.07, 6.45) is 7.10. The summed E-state index contributed by atoms with van der Waals surface area (Å²) in [5.41, 5.74) is 3.41. The van der Waals surface area contributed by atoms with Gasteiger partial charge in [0.15, 0.2) is 0 Å². The summed E-state index contributed by atoms with van der Waals surface area (Å²) in [4.78, 5) is 12.8. The van der Waals surface area contributed by atoms with Crippen LogP contribution >= 0.6 is 23.2 Å². The van der Waals surface area contributed by atoms with Gasteiger partial charge in [-0.25, -0.2) is 4.68 Å². The van der Waals surface area contributed by atoms with Gasteiger partial charge in [-0.1, -0.05) is 55.8 Å². The molecule has 2 aromatic rings. The smallest absolute Gasteiger partial charge is 0.267 e. The van der Waals surface area contributed by atoms with Crippen molar-refractivity contribution in [3.05, 3.63) is 50.8 Å². The zero-order valence-corrected chi connectivity index (χ0v) is 16.0. The summed E-state index contributed by atoms with van der Waals surface area (Å²) in [5.74, 6) is -0.213. The molecule has 0 saturated carbocycles. The molecule has 0 N–H and O–H groups in total. The largest absolute Gasteiger partial charge is 0.279 e. The number of unbranched alkanes of at least 4 members (excludes halogenated alkanes) is 4. The van der Waals surface area contributed by atoms with Crippen LogP contribution in [0.4, 0.5) is 0 Å². The van der Waals surface area contributed by atoms with Gasteiger partial charge in [-0.05, 0) is 50.5 Å². The number of halogens is 2. The van der Waals surface area contributed by atoms with Crippen LogP contribution in [0.2, 0.25) is 10.0 Å². The molecule has 0 amide bonds. The lowest BCUT2D eigenvalue weighted by Crippen LogP contribution is -2.16. The fourth-order valence-corrected chi connectivity index (χ4v) is 3.41. The first-order chi connectivity index (χ1) is 11.5. The van der Waals surface area contributed by atoms with E-state index in [2.05, 4.69) is 12.0 Å². The molecule has 0 bridgehead atoms. The second-order valence-corrected chi connectivity index (χ2v) is 7.00. The summed E-state index contributed by atoms with van der Waals surface area (Å²) in [6.45, 7) is 6.12. The fourth-order valence-electron chi connectivity index (χ4n) is 2.92. The van der Waals surface area contributed by atoms with Crippen LogP contribution in [-0.4, -0.2) is 15.7 Å². The molecule has 1 aromatic carbocycles. The molecule has 0 aliphatic heterocycles. The van der Waals surface area contributed by atoms with Crippen molar-refractivity contribution in [2.24, 2.45) is 0 Å². The lowest BCUT2D eigenvalue weighted by atomic mass is 10.0. The standard InChI is InChI=1S/C19H24Cl2N2O/c1-4-5-6-7-8-9-16-13(2)22-23(14(16)3)19(24)17-11-10-15(20)12-18(17)21/h10-12H,4-9H2,1-3H3. The molecule has 0 spiro atoms. The van der Waals surface area contributed by atoms with E-state index in [1.807, 2.05) is 13.8 Å². The highest BCUT2D eigenvalue weighted by molar-refractivity contribution is 6.36. The van der Waals surface area contributed by atoms with Crippen LogP contribution in [0.3, 0.4) is 0 Å². The molecule has 0 unspecified atom stereocenters. The number of hydrogen-bond acceptors (Lipinski definition) is 2. The van der Waals surface area contributed by atoms with E-state index in [0.717, 1.165) is 24.2 Å². The SMILES string of the molecule is CCCCCCCc1c(C)nn(C(=O)c2ccc(Cl)cc2Cl)c1C. The van der Waals surface area contributed by atoms with Gasteiger partial charge in [0.2, 0.25) is 0 Å². The van der Waals surface area contributed by atoms with Crippen LogP contribution in [0.25, 0.3) is 0 Å². The van der Waals surface area contributed by atoms with Gasteiger partial charge in [0.25, 0.3) is 5.91 Å². The monoisotopic (exact) mass is 366 g/mol. The fraction of sp³-hybridized carbons (Fsp3) is 0.474. The predicted octanol–water partition coefficient (Wildman–Crippen LogP) is 6.01. The maximum Gasteiger partial charge on any atom is 0.279 e. The molecule has 1 aromatic heterocycles. The van der Waals surface area contributed by atoms with E-state index in [-0.39, 0.29) is 5.91 Å². The molecule has 1 heterocycles. The number of aryl methyl sites for hydroxylation is 1. The summed E-state index contributed by atoms with van der Waals surface area (Å²) in [6, 6.07) is 4.89. The van der Waals surface area contributed by atoms with Crippen molar-refractivity contribution in [3.8, 4) is 0 Å². The Kier molecular flexibility index (Phi) is 6.88. The van der Waals surface area contributed by atoms with Crippen molar-refractivity contribution in [1.29, 1.82) is 0 Å². The number of aromatic nitrogens is 2. The Morgan fingerprint density at radius 1 is 1.12 bits per heavy atom. The molecule has 130 valence electrons. The van der Waals surface area contributed by atoms with E-state index >= 15 is 0 Å². The third-order valence-electron chi connectivity index (χ3n) is 4.33. The number of benzene rings is 1. The van der Waals surface area contributed by atoms with Gasteiger partial charge in [-0.15, -0.1) is 0 Å². The zero-order valence-electron chi connectivity index (χ0n) is 14.5. The van der Waals surface area contributed by atoms with Gasteiger partial charge in [0.05, 0.1) is 16.3 Å². The van der Waals surface area contributed by atoms with Gasteiger partial charge in [0.1, 0.15) is 0 Å². The van der Waals surface area contributed by atoms with E-state index in [4.69, 9.17) is 23.2 Å². The lowest BCUT2D eigenvalue weighted by molar-refractivity contribution is 0.0942. The van der Waals surface area contributed by atoms with E-state index < -0.39 is 0 Å². The highest BCUT2D eigenvalue weighted by Gasteiger charge is 2.19. The van der Waals surface area contributed by atoms with Crippen molar-refractivity contribution in [2.45, 2.75) is 59.3 Å². The maximum absolute atomic E-state index is 12.8. The Balaban J connectivity index is 2.16. The van der Waals surface area contributed by atoms with Crippen LogP contribution in [0.15, 0.2) is 18.2 Å². The van der Waals surface area contributed by atoms with Crippen LogP contribution < -0.4 is 0 Å². The highest BCUT2D eigenvalue weighted by atomic mass is 35.5. The third-order valence-corrected chi connectivity index (χ3v) is 4.87. The number of carbonyl (C=O) groups excluding carboxylic acids is 1. The van der Waals surface area contributed by atoms with Crippen molar-refractivity contribution in [1.82, 2.24) is 9.78 Å². The van der Waals surface area contributed by atoms with Gasteiger partial charge >= 0.3 is 0 Å².